The molecule has 2 rings (SSSR count). The Labute approximate surface area is 223 Å². The van der Waals surface area contributed by atoms with Crippen LogP contribution in [0, 0.1) is 0 Å². The second-order valence-electron chi connectivity index (χ2n) is 6.37. The molecule has 0 spiro atoms. The SMILES string of the molecule is CCC(=Cc1c(Br)cc(Br)cc1Br)COCC(=Cc1c(Br)cc(Br)cc1Br)CC. The molecule has 0 amide bonds. The van der Waals surface area contributed by atoms with Crippen molar-refractivity contribution < 1.29 is 4.74 Å². The topological polar surface area (TPSA) is 9.23 Å². The summed E-state index contributed by atoms with van der Waals surface area (Å²) in [6.45, 7) is 5.52. The van der Waals surface area contributed by atoms with Gasteiger partial charge < -0.3 is 4.74 Å². The van der Waals surface area contributed by atoms with Gasteiger partial charge in [-0.15, -0.1) is 0 Å². The Hall–Kier alpha value is 0.760. The fourth-order valence-corrected chi connectivity index (χ4v) is 7.57. The lowest BCUT2D eigenvalue weighted by Gasteiger charge is -2.12. The summed E-state index contributed by atoms with van der Waals surface area (Å²) in [6, 6.07) is 8.21. The molecule has 1 nitrogen and oxygen atoms in total. The van der Waals surface area contributed by atoms with Crippen molar-refractivity contribution in [1.29, 1.82) is 0 Å². The van der Waals surface area contributed by atoms with Gasteiger partial charge in [-0.3, -0.25) is 0 Å². The molecule has 7 heteroatoms. The maximum Gasteiger partial charge on any atom is 0.0684 e. The van der Waals surface area contributed by atoms with E-state index in [4.69, 9.17) is 4.74 Å². The Morgan fingerprint density at radius 3 is 1.24 bits per heavy atom. The van der Waals surface area contributed by atoms with Crippen LogP contribution in [0.25, 0.3) is 12.2 Å². The normalized spacial score (nSPS) is 12.6. The van der Waals surface area contributed by atoms with Gasteiger partial charge in [0.05, 0.1) is 13.2 Å². The molecular formula is C22H20Br6O. The third-order valence-electron chi connectivity index (χ3n) is 4.27. The van der Waals surface area contributed by atoms with Crippen LogP contribution in [-0.4, -0.2) is 13.2 Å². The van der Waals surface area contributed by atoms with Gasteiger partial charge >= 0.3 is 0 Å². The molecule has 2 aromatic carbocycles. The number of hydrogen-bond acceptors (Lipinski definition) is 1. The summed E-state index contributed by atoms with van der Waals surface area (Å²) in [7, 11) is 0. The highest BCUT2D eigenvalue weighted by Gasteiger charge is 2.08. The first-order valence-corrected chi connectivity index (χ1v) is 13.8. The molecule has 0 atom stereocenters. The van der Waals surface area contributed by atoms with Crippen molar-refractivity contribution in [3.63, 3.8) is 0 Å². The molecule has 0 aliphatic heterocycles. The van der Waals surface area contributed by atoms with E-state index in [0.717, 1.165) is 50.8 Å². The summed E-state index contributed by atoms with van der Waals surface area (Å²) in [5, 5.41) is 0. The van der Waals surface area contributed by atoms with E-state index in [0.29, 0.717) is 13.2 Å². The van der Waals surface area contributed by atoms with E-state index in [-0.39, 0.29) is 0 Å². The smallest absolute Gasteiger partial charge is 0.0684 e. The van der Waals surface area contributed by atoms with E-state index >= 15 is 0 Å². The zero-order chi connectivity index (χ0) is 21.6. The third kappa shape index (κ3) is 7.99. The van der Waals surface area contributed by atoms with Gasteiger partial charge in [0.25, 0.3) is 0 Å². The van der Waals surface area contributed by atoms with E-state index in [1.165, 1.54) is 11.1 Å². The predicted molar refractivity (Wildman–Crippen MR) is 146 cm³/mol. The summed E-state index contributed by atoms with van der Waals surface area (Å²) in [6.07, 6.45) is 6.25. The van der Waals surface area contributed by atoms with Crippen molar-refractivity contribution in [1.82, 2.24) is 0 Å². The van der Waals surface area contributed by atoms with E-state index in [1.54, 1.807) is 0 Å². The Balaban J connectivity index is 2.12. The summed E-state index contributed by atoms with van der Waals surface area (Å²) < 4.78 is 12.3. The number of hydrogen-bond donors (Lipinski definition) is 0. The van der Waals surface area contributed by atoms with Crippen molar-refractivity contribution >= 4 is 108 Å². The average Bonchev–Trinajstić information content (AvgIpc) is 2.64. The van der Waals surface area contributed by atoms with Crippen molar-refractivity contribution in [2.24, 2.45) is 0 Å². The maximum atomic E-state index is 6.07. The summed E-state index contributed by atoms with van der Waals surface area (Å²) in [5.74, 6) is 0. The van der Waals surface area contributed by atoms with Crippen LogP contribution in [0.15, 0.2) is 62.2 Å². The van der Waals surface area contributed by atoms with Crippen LogP contribution in [0.4, 0.5) is 0 Å². The van der Waals surface area contributed by atoms with Crippen LogP contribution >= 0.6 is 95.6 Å². The lowest BCUT2D eigenvalue weighted by Crippen LogP contribution is -2.02. The minimum atomic E-state index is 0.603. The molecule has 0 unspecified atom stereocenters. The molecule has 0 fully saturated rings. The zero-order valence-corrected chi connectivity index (χ0v) is 25.5. The Morgan fingerprint density at radius 2 is 0.966 bits per heavy atom. The quantitative estimate of drug-likeness (QED) is 0.259. The molecular weight excluding hydrogens is 760 g/mol. The lowest BCUT2D eigenvalue weighted by atomic mass is 10.1. The monoisotopic (exact) mass is 774 g/mol. The van der Waals surface area contributed by atoms with E-state index < -0.39 is 0 Å². The van der Waals surface area contributed by atoms with E-state index in [2.05, 4.69) is 146 Å². The van der Waals surface area contributed by atoms with Gasteiger partial charge in [0.2, 0.25) is 0 Å². The Morgan fingerprint density at radius 1 is 0.655 bits per heavy atom. The van der Waals surface area contributed by atoms with E-state index in [9.17, 15) is 0 Å². The Bertz CT molecular complexity index is 811. The molecule has 0 aliphatic carbocycles. The summed E-state index contributed by atoms with van der Waals surface area (Å²) in [4.78, 5) is 0. The molecule has 0 aromatic heterocycles. The first-order valence-electron chi connectivity index (χ1n) is 9.00. The highest BCUT2D eigenvalue weighted by atomic mass is 79.9. The van der Waals surface area contributed by atoms with Crippen LogP contribution in [0.1, 0.15) is 37.8 Å². The van der Waals surface area contributed by atoms with Gasteiger partial charge in [0.15, 0.2) is 0 Å². The number of ether oxygens (including phenoxy) is 1. The highest BCUT2D eigenvalue weighted by Crippen LogP contribution is 2.33. The predicted octanol–water partition coefficient (Wildman–Crippen LogP) is 10.6. The van der Waals surface area contributed by atoms with Crippen molar-refractivity contribution in [3.05, 3.63) is 73.4 Å². The Kier molecular flexibility index (Phi) is 11.4. The largest absolute Gasteiger partial charge is 0.373 e. The molecule has 0 N–H and O–H groups in total. The van der Waals surface area contributed by atoms with Gasteiger partial charge in [0.1, 0.15) is 0 Å². The molecule has 0 saturated heterocycles. The van der Waals surface area contributed by atoms with Gasteiger partial charge in [-0.25, -0.2) is 0 Å². The molecule has 156 valence electrons. The van der Waals surface area contributed by atoms with Crippen LogP contribution in [0.5, 0.6) is 0 Å². The highest BCUT2D eigenvalue weighted by molar-refractivity contribution is 9.12. The first-order chi connectivity index (χ1) is 13.7. The van der Waals surface area contributed by atoms with Crippen LogP contribution in [-0.2, 0) is 4.74 Å². The molecule has 0 heterocycles. The van der Waals surface area contributed by atoms with Crippen LogP contribution < -0.4 is 0 Å². The third-order valence-corrected chi connectivity index (χ3v) is 7.81. The molecule has 0 saturated carbocycles. The zero-order valence-electron chi connectivity index (χ0n) is 16.0. The van der Waals surface area contributed by atoms with Gasteiger partial charge in [-0.05, 0) is 48.3 Å². The first kappa shape index (κ1) is 26.0. The summed E-state index contributed by atoms with van der Waals surface area (Å²) in [5.41, 5.74) is 4.75. The standard InChI is InChI=1S/C22H20Br6O/c1-3-13(5-17-19(25)7-15(23)8-20(17)26)11-29-12-14(4-2)6-18-21(27)9-16(24)10-22(18)28/h5-10H,3-4,11-12H2,1-2H3. The number of halogens is 6. The second-order valence-corrected chi connectivity index (χ2v) is 11.6. The van der Waals surface area contributed by atoms with Crippen molar-refractivity contribution in [3.8, 4) is 0 Å². The average molecular weight is 780 g/mol. The van der Waals surface area contributed by atoms with Crippen molar-refractivity contribution in [2.75, 3.05) is 13.2 Å². The number of benzene rings is 2. The fraction of sp³-hybridized carbons (Fsp3) is 0.273. The van der Waals surface area contributed by atoms with Crippen molar-refractivity contribution in [2.45, 2.75) is 26.7 Å². The van der Waals surface area contributed by atoms with Gasteiger partial charge in [0, 0.05) is 38.0 Å². The lowest BCUT2D eigenvalue weighted by molar-refractivity contribution is 0.177. The minimum Gasteiger partial charge on any atom is -0.373 e. The fourth-order valence-electron chi connectivity index (χ4n) is 2.60. The summed E-state index contributed by atoms with van der Waals surface area (Å²) >= 11 is 21.6. The number of rotatable bonds is 8. The van der Waals surface area contributed by atoms with Crippen LogP contribution in [0.3, 0.4) is 0 Å². The molecule has 0 bridgehead atoms. The van der Waals surface area contributed by atoms with Gasteiger partial charge in [-0.1, -0.05) is 122 Å². The molecule has 0 aliphatic rings. The molecule has 29 heavy (non-hydrogen) atoms. The maximum absolute atomic E-state index is 6.07. The second kappa shape index (κ2) is 12.7. The molecule has 0 radical (unpaired) electrons. The van der Waals surface area contributed by atoms with E-state index in [1.807, 2.05) is 0 Å². The van der Waals surface area contributed by atoms with Gasteiger partial charge in [-0.2, -0.15) is 0 Å². The molecule has 2 aromatic rings. The van der Waals surface area contributed by atoms with Crippen LogP contribution in [0.2, 0.25) is 0 Å². The minimum absolute atomic E-state index is 0.603.